The molecule has 3 aromatic rings. The predicted octanol–water partition coefficient (Wildman–Crippen LogP) is 1.77. The molecule has 0 bridgehead atoms. The lowest BCUT2D eigenvalue weighted by Crippen LogP contribution is -2.47. The third-order valence-electron chi connectivity index (χ3n) is 4.84. The van der Waals surface area contributed by atoms with Crippen molar-refractivity contribution in [1.82, 2.24) is 14.6 Å². The molecule has 0 aliphatic carbocycles. The van der Waals surface area contributed by atoms with Gasteiger partial charge in [0.15, 0.2) is 5.58 Å². The number of nitrogens with one attached hydrogen (secondary N) is 2. The zero-order valence-electron chi connectivity index (χ0n) is 15.1. The molecule has 4 rings (SSSR count). The van der Waals surface area contributed by atoms with Gasteiger partial charge in [-0.3, -0.25) is 9.88 Å². The molecule has 9 heteroatoms. The number of hydrogen-bond acceptors (Lipinski definition) is 6. The van der Waals surface area contributed by atoms with Crippen LogP contribution in [0.1, 0.15) is 18.4 Å². The number of piperidine rings is 1. The number of oxazole rings is 1. The lowest BCUT2D eigenvalue weighted by Gasteiger charge is -2.33. The van der Waals surface area contributed by atoms with Gasteiger partial charge in [0.2, 0.25) is 10.0 Å². The molecule has 0 saturated carbocycles. The summed E-state index contributed by atoms with van der Waals surface area (Å²) in [5, 5.41) is 9.61. The number of benzene rings is 2. The molecule has 3 N–H and O–H groups in total. The molecule has 148 valence electrons. The predicted molar refractivity (Wildman–Crippen MR) is 104 cm³/mol. The summed E-state index contributed by atoms with van der Waals surface area (Å²) in [6.07, 6.45) is 1.63. The second-order valence-electron chi connectivity index (χ2n) is 7.04. The number of phenolic OH excluding ortho intramolecular Hbond substituents is 1. The van der Waals surface area contributed by atoms with Crippen LogP contribution < -0.4 is 10.5 Å². The van der Waals surface area contributed by atoms with Crippen LogP contribution in [0, 0.1) is 0 Å². The van der Waals surface area contributed by atoms with E-state index in [2.05, 4.69) is 14.6 Å². The van der Waals surface area contributed by atoms with Gasteiger partial charge in [-0.2, -0.15) is 0 Å². The van der Waals surface area contributed by atoms with Crippen molar-refractivity contribution in [2.24, 2.45) is 0 Å². The quantitative estimate of drug-likeness (QED) is 0.598. The summed E-state index contributed by atoms with van der Waals surface area (Å²) >= 11 is 0. The van der Waals surface area contributed by atoms with Crippen LogP contribution in [0.4, 0.5) is 0 Å². The average molecular weight is 403 g/mol. The van der Waals surface area contributed by atoms with Crippen molar-refractivity contribution in [2.75, 3.05) is 13.1 Å². The van der Waals surface area contributed by atoms with Crippen LogP contribution in [0.25, 0.3) is 11.1 Å². The van der Waals surface area contributed by atoms with Gasteiger partial charge in [-0.25, -0.2) is 17.9 Å². The first-order valence-corrected chi connectivity index (χ1v) is 10.5. The second kappa shape index (κ2) is 7.42. The molecule has 1 atom stereocenters. The van der Waals surface area contributed by atoms with Crippen LogP contribution >= 0.6 is 0 Å². The van der Waals surface area contributed by atoms with Gasteiger partial charge in [0.1, 0.15) is 5.75 Å². The van der Waals surface area contributed by atoms with Crippen LogP contribution in [0.2, 0.25) is 0 Å². The number of nitrogens with zero attached hydrogens (tertiary/aromatic N) is 1. The lowest BCUT2D eigenvalue weighted by molar-refractivity contribution is 0.194. The van der Waals surface area contributed by atoms with E-state index < -0.39 is 15.8 Å². The van der Waals surface area contributed by atoms with Crippen LogP contribution in [-0.2, 0) is 16.6 Å². The van der Waals surface area contributed by atoms with E-state index in [1.165, 1.54) is 18.2 Å². The van der Waals surface area contributed by atoms with Gasteiger partial charge in [-0.15, -0.1) is 0 Å². The van der Waals surface area contributed by atoms with E-state index in [9.17, 15) is 18.3 Å². The number of hydrogen-bond donors (Lipinski definition) is 3. The lowest BCUT2D eigenvalue weighted by atomic mass is 10.1. The molecule has 28 heavy (non-hydrogen) atoms. The fourth-order valence-corrected chi connectivity index (χ4v) is 4.88. The second-order valence-corrected chi connectivity index (χ2v) is 8.75. The highest BCUT2D eigenvalue weighted by Crippen LogP contribution is 2.20. The molecular weight excluding hydrogens is 382 g/mol. The molecule has 2 heterocycles. The first-order chi connectivity index (χ1) is 13.4. The standard InChI is InChI=1S/C19H21N3O5S/c23-15-5-1-3-13(9-15)11-22-8-2-4-14(12-22)21-28(25,26)16-6-7-18-17(10-16)20-19(24)27-18/h1,3,5-7,9-10,14,21,23H,2,4,8,11-12H2,(H,20,24)/t14-/m0/s1. The molecule has 1 aromatic heterocycles. The van der Waals surface area contributed by atoms with Gasteiger partial charge in [-0.1, -0.05) is 12.1 Å². The Balaban J connectivity index is 1.46. The Labute approximate surface area is 161 Å². The molecule has 1 saturated heterocycles. The van der Waals surface area contributed by atoms with E-state index in [1.54, 1.807) is 18.2 Å². The van der Waals surface area contributed by atoms with E-state index in [0.717, 1.165) is 24.9 Å². The number of aromatic nitrogens is 1. The Bertz CT molecular complexity index is 1150. The molecule has 1 fully saturated rings. The highest BCUT2D eigenvalue weighted by atomic mass is 32.2. The van der Waals surface area contributed by atoms with Crippen molar-refractivity contribution >= 4 is 21.1 Å². The minimum Gasteiger partial charge on any atom is -0.508 e. The maximum Gasteiger partial charge on any atom is 0.417 e. The van der Waals surface area contributed by atoms with E-state index in [-0.39, 0.29) is 16.7 Å². The zero-order valence-corrected chi connectivity index (χ0v) is 15.9. The minimum absolute atomic E-state index is 0.0853. The summed E-state index contributed by atoms with van der Waals surface area (Å²) in [4.78, 5) is 16.0. The number of aromatic amines is 1. The minimum atomic E-state index is -3.73. The molecule has 0 spiro atoms. The fourth-order valence-electron chi connectivity index (χ4n) is 3.59. The van der Waals surface area contributed by atoms with Crippen LogP contribution in [-0.4, -0.2) is 42.5 Å². The van der Waals surface area contributed by atoms with Crippen molar-refractivity contribution in [3.63, 3.8) is 0 Å². The van der Waals surface area contributed by atoms with Crippen molar-refractivity contribution < 1.29 is 17.9 Å². The van der Waals surface area contributed by atoms with Crippen molar-refractivity contribution in [2.45, 2.75) is 30.3 Å². The molecule has 1 aliphatic heterocycles. The Kier molecular flexibility index (Phi) is 4.96. The summed E-state index contributed by atoms with van der Waals surface area (Å²) in [5.41, 5.74) is 1.65. The molecule has 2 aromatic carbocycles. The highest BCUT2D eigenvalue weighted by Gasteiger charge is 2.25. The van der Waals surface area contributed by atoms with E-state index in [0.29, 0.717) is 24.2 Å². The Hall–Kier alpha value is -2.62. The van der Waals surface area contributed by atoms with Crippen LogP contribution in [0.15, 0.2) is 56.6 Å². The molecule has 1 aliphatic rings. The number of rotatable bonds is 5. The topological polar surface area (TPSA) is 116 Å². The third-order valence-corrected chi connectivity index (χ3v) is 6.36. The smallest absolute Gasteiger partial charge is 0.417 e. The molecule has 0 radical (unpaired) electrons. The largest absolute Gasteiger partial charge is 0.508 e. The summed E-state index contributed by atoms with van der Waals surface area (Å²) < 4.78 is 33.2. The Morgan fingerprint density at radius 1 is 1.25 bits per heavy atom. The van der Waals surface area contributed by atoms with Crippen molar-refractivity contribution in [3.8, 4) is 5.75 Å². The number of fused-ring (bicyclic) bond motifs is 1. The van der Waals surface area contributed by atoms with Gasteiger partial charge in [0, 0.05) is 19.1 Å². The Morgan fingerprint density at radius 3 is 2.93 bits per heavy atom. The maximum absolute atomic E-state index is 12.8. The summed E-state index contributed by atoms with van der Waals surface area (Å²) in [6.45, 7) is 2.10. The fraction of sp³-hybridized carbons (Fsp3) is 0.316. The average Bonchev–Trinajstić information content (AvgIpc) is 3.01. The van der Waals surface area contributed by atoms with Crippen LogP contribution in [0.3, 0.4) is 0 Å². The number of H-pyrrole nitrogens is 1. The maximum atomic E-state index is 12.8. The third kappa shape index (κ3) is 4.11. The molecule has 0 amide bonds. The molecule has 0 unspecified atom stereocenters. The number of aromatic hydroxyl groups is 1. The monoisotopic (exact) mass is 403 g/mol. The summed E-state index contributed by atoms with van der Waals surface area (Å²) in [7, 11) is -3.73. The van der Waals surface area contributed by atoms with E-state index >= 15 is 0 Å². The van der Waals surface area contributed by atoms with E-state index in [4.69, 9.17) is 4.42 Å². The number of sulfonamides is 1. The SMILES string of the molecule is O=c1[nH]c2cc(S(=O)(=O)N[C@H]3CCCN(Cc4cccc(O)c4)C3)ccc2o1. The van der Waals surface area contributed by atoms with Crippen molar-refractivity contribution in [1.29, 1.82) is 0 Å². The summed E-state index contributed by atoms with van der Waals surface area (Å²) in [5.74, 6) is -0.396. The zero-order chi connectivity index (χ0) is 19.7. The molecular formula is C19H21N3O5S. The molecule has 8 nitrogen and oxygen atoms in total. The Morgan fingerprint density at radius 2 is 2.11 bits per heavy atom. The summed E-state index contributed by atoms with van der Waals surface area (Å²) in [6, 6.07) is 11.2. The van der Waals surface area contributed by atoms with E-state index in [1.807, 2.05) is 6.07 Å². The van der Waals surface area contributed by atoms with Crippen LogP contribution in [0.5, 0.6) is 5.75 Å². The number of likely N-dealkylation sites (tertiary alicyclic amines) is 1. The highest BCUT2D eigenvalue weighted by molar-refractivity contribution is 7.89. The van der Waals surface area contributed by atoms with Gasteiger partial charge < -0.3 is 9.52 Å². The van der Waals surface area contributed by atoms with Gasteiger partial charge in [-0.05, 0) is 55.3 Å². The normalized spacial score (nSPS) is 18.5. The first kappa shape index (κ1) is 18.7. The number of phenols is 1. The van der Waals surface area contributed by atoms with Gasteiger partial charge >= 0.3 is 5.76 Å². The van der Waals surface area contributed by atoms with Gasteiger partial charge in [0.25, 0.3) is 0 Å². The van der Waals surface area contributed by atoms with Gasteiger partial charge in [0.05, 0.1) is 10.4 Å². The van der Waals surface area contributed by atoms with Crippen molar-refractivity contribution in [3.05, 3.63) is 58.6 Å². The first-order valence-electron chi connectivity index (χ1n) is 9.04.